The molecule has 0 aliphatic carbocycles. The lowest BCUT2D eigenvalue weighted by Crippen LogP contribution is -2.26. The SMILES string of the molecule is COc1ccc(Cl)cc1CN(C)C(=O)CCc1nc2ccccc2[nH]1. The molecule has 0 fully saturated rings. The van der Waals surface area contributed by atoms with Gasteiger partial charge in [-0.3, -0.25) is 4.79 Å². The standard InChI is InChI=1S/C19H20ClN3O2/c1-23(12-13-11-14(20)7-8-17(13)25-2)19(24)10-9-18-21-15-5-3-4-6-16(15)22-18/h3-8,11H,9-10,12H2,1-2H3,(H,21,22). The largest absolute Gasteiger partial charge is 0.496 e. The van der Waals surface area contributed by atoms with Crippen LogP contribution in [0.1, 0.15) is 17.8 Å². The predicted molar refractivity (Wildman–Crippen MR) is 98.9 cm³/mol. The molecule has 1 aromatic heterocycles. The van der Waals surface area contributed by atoms with Crippen molar-refractivity contribution in [3.8, 4) is 5.75 Å². The number of aromatic nitrogens is 2. The smallest absolute Gasteiger partial charge is 0.223 e. The lowest BCUT2D eigenvalue weighted by molar-refractivity contribution is -0.130. The van der Waals surface area contributed by atoms with Gasteiger partial charge < -0.3 is 14.6 Å². The van der Waals surface area contributed by atoms with Gasteiger partial charge in [-0.15, -0.1) is 0 Å². The van der Waals surface area contributed by atoms with Crippen LogP contribution in [-0.4, -0.2) is 34.9 Å². The molecule has 5 nitrogen and oxygen atoms in total. The summed E-state index contributed by atoms with van der Waals surface area (Å²) in [6.07, 6.45) is 0.962. The summed E-state index contributed by atoms with van der Waals surface area (Å²) >= 11 is 6.05. The number of hydrogen-bond acceptors (Lipinski definition) is 3. The van der Waals surface area contributed by atoms with Gasteiger partial charge in [0.15, 0.2) is 0 Å². The number of nitrogens with one attached hydrogen (secondary N) is 1. The van der Waals surface area contributed by atoms with Crippen LogP contribution < -0.4 is 4.74 Å². The quantitative estimate of drug-likeness (QED) is 0.729. The van der Waals surface area contributed by atoms with E-state index < -0.39 is 0 Å². The molecule has 3 rings (SSSR count). The molecule has 0 bridgehead atoms. The molecule has 6 heteroatoms. The van der Waals surface area contributed by atoms with Crippen molar-refractivity contribution in [2.75, 3.05) is 14.2 Å². The first-order chi connectivity index (χ1) is 12.1. The Labute approximate surface area is 151 Å². The number of H-pyrrole nitrogens is 1. The minimum absolute atomic E-state index is 0.0440. The minimum atomic E-state index is 0.0440. The first-order valence-corrected chi connectivity index (χ1v) is 8.44. The van der Waals surface area contributed by atoms with Crippen LogP contribution >= 0.6 is 11.6 Å². The van der Waals surface area contributed by atoms with Crippen LogP contribution in [0.4, 0.5) is 0 Å². The Kier molecular flexibility index (Phi) is 5.24. The average molecular weight is 358 g/mol. The number of hydrogen-bond donors (Lipinski definition) is 1. The third-order valence-corrected chi connectivity index (χ3v) is 4.32. The van der Waals surface area contributed by atoms with Crippen molar-refractivity contribution < 1.29 is 9.53 Å². The molecule has 2 aromatic carbocycles. The molecule has 0 saturated carbocycles. The molecular formula is C19H20ClN3O2. The monoisotopic (exact) mass is 357 g/mol. The van der Waals surface area contributed by atoms with Crippen LogP contribution in [0.2, 0.25) is 5.02 Å². The van der Waals surface area contributed by atoms with Crippen molar-refractivity contribution >= 4 is 28.5 Å². The van der Waals surface area contributed by atoms with E-state index in [-0.39, 0.29) is 5.91 Å². The van der Waals surface area contributed by atoms with Crippen LogP contribution in [0.25, 0.3) is 11.0 Å². The highest BCUT2D eigenvalue weighted by Gasteiger charge is 2.13. The third kappa shape index (κ3) is 4.12. The van der Waals surface area contributed by atoms with Gasteiger partial charge in [0, 0.05) is 37.0 Å². The number of benzene rings is 2. The normalized spacial score (nSPS) is 10.8. The summed E-state index contributed by atoms with van der Waals surface area (Å²) in [6, 6.07) is 13.2. The molecular weight excluding hydrogens is 338 g/mol. The molecule has 0 spiro atoms. The number of rotatable bonds is 6. The van der Waals surface area contributed by atoms with Crippen molar-refractivity contribution in [2.24, 2.45) is 0 Å². The number of aromatic amines is 1. The summed E-state index contributed by atoms with van der Waals surface area (Å²) < 4.78 is 5.33. The Bertz CT molecular complexity index is 858. The number of fused-ring (bicyclic) bond motifs is 1. The number of amides is 1. The van der Waals surface area contributed by atoms with E-state index in [1.807, 2.05) is 36.4 Å². The van der Waals surface area contributed by atoms with Crippen molar-refractivity contribution in [1.29, 1.82) is 0 Å². The Morgan fingerprint density at radius 3 is 2.84 bits per heavy atom. The Balaban J connectivity index is 1.62. The van der Waals surface area contributed by atoms with Crippen LogP contribution in [0.15, 0.2) is 42.5 Å². The Hall–Kier alpha value is -2.53. The van der Waals surface area contributed by atoms with Crippen LogP contribution in [-0.2, 0) is 17.8 Å². The molecule has 130 valence electrons. The van der Waals surface area contributed by atoms with E-state index in [1.165, 1.54) is 0 Å². The zero-order chi connectivity index (χ0) is 17.8. The molecule has 0 radical (unpaired) electrons. The Morgan fingerprint density at radius 1 is 1.28 bits per heavy atom. The topological polar surface area (TPSA) is 58.2 Å². The van der Waals surface area contributed by atoms with Crippen molar-refractivity contribution in [3.63, 3.8) is 0 Å². The number of imidazole rings is 1. The summed E-state index contributed by atoms with van der Waals surface area (Å²) in [7, 11) is 3.39. The molecule has 0 aliphatic rings. The highest BCUT2D eigenvalue weighted by atomic mass is 35.5. The van der Waals surface area contributed by atoms with Crippen LogP contribution in [0.5, 0.6) is 5.75 Å². The van der Waals surface area contributed by atoms with E-state index in [9.17, 15) is 4.79 Å². The summed E-state index contributed by atoms with van der Waals surface area (Å²) in [5, 5.41) is 0.624. The van der Waals surface area contributed by atoms with Gasteiger partial charge in [0.25, 0.3) is 0 Å². The fraction of sp³-hybridized carbons (Fsp3) is 0.263. The molecule has 25 heavy (non-hydrogen) atoms. The number of carbonyl (C=O) groups is 1. The predicted octanol–water partition coefficient (Wildman–Crippen LogP) is 3.82. The summed E-state index contributed by atoms with van der Waals surface area (Å²) in [4.78, 5) is 21.9. The van der Waals surface area contributed by atoms with Crippen molar-refractivity contribution in [3.05, 3.63) is 58.9 Å². The van der Waals surface area contributed by atoms with E-state index in [0.717, 1.165) is 28.2 Å². The molecule has 3 aromatic rings. The van der Waals surface area contributed by atoms with Gasteiger partial charge in [0.05, 0.1) is 18.1 Å². The highest BCUT2D eigenvalue weighted by molar-refractivity contribution is 6.30. The zero-order valence-corrected chi connectivity index (χ0v) is 15.0. The molecule has 0 saturated heterocycles. The molecule has 1 heterocycles. The molecule has 0 atom stereocenters. The van der Waals surface area contributed by atoms with E-state index >= 15 is 0 Å². The zero-order valence-electron chi connectivity index (χ0n) is 14.3. The van der Waals surface area contributed by atoms with Gasteiger partial charge in [0.1, 0.15) is 11.6 Å². The molecule has 1 amide bonds. The van der Waals surface area contributed by atoms with Crippen LogP contribution in [0, 0.1) is 0 Å². The van der Waals surface area contributed by atoms with Gasteiger partial charge in [-0.05, 0) is 30.3 Å². The number of carbonyl (C=O) groups excluding carboxylic acids is 1. The lowest BCUT2D eigenvalue weighted by Gasteiger charge is -2.19. The number of ether oxygens (including phenoxy) is 1. The second kappa shape index (κ2) is 7.57. The second-order valence-corrected chi connectivity index (χ2v) is 6.34. The van der Waals surface area contributed by atoms with Crippen LogP contribution in [0.3, 0.4) is 0 Å². The van der Waals surface area contributed by atoms with Gasteiger partial charge in [-0.1, -0.05) is 23.7 Å². The van der Waals surface area contributed by atoms with E-state index in [0.29, 0.717) is 24.4 Å². The maximum absolute atomic E-state index is 12.4. The number of methoxy groups -OCH3 is 1. The number of halogens is 1. The summed E-state index contributed by atoms with van der Waals surface area (Å²) in [5.41, 5.74) is 2.79. The maximum Gasteiger partial charge on any atom is 0.223 e. The fourth-order valence-corrected chi connectivity index (χ4v) is 2.95. The van der Waals surface area contributed by atoms with Gasteiger partial charge in [0.2, 0.25) is 5.91 Å². The van der Waals surface area contributed by atoms with E-state index in [2.05, 4.69) is 9.97 Å². The highest BCUT2D eigenvalue weighted by Crippen LogP contribution is 2.24. The first-order valence-electron chi connectivity index (χ1n) is 8.07. The number of aryl methyl sites for hydroxylation is 1. The van der Waals surface area contributed by atoms with Gasteiger partial charge >= 0.3 is 0 Å². The number of para-hydroxylation sites is 2. The molecule has 0 aliphatic heterocycles. The van der Waals surface area contributed by atoms with Gasteiger partial charge in [-0.25, -0.2) is 4.98 Å². The average Bonchev–Trinajstić information content (AvgIpc) is 3.02. The number of nitrogens with zero attached hydrogens (tertiary/aromatic N) is 2. The van der Waals surface area contributed by atoms with Crippen molar-refractivity contribution in [2.45, 2.75) is 19.4 Å². The van der Waals surface area contributed by atoms with Crippen molar-refractivity contribution in [1.82, 2.24) is 14.9 Å². The van der Waals surface area contributed by atoms with Gasteiger partial charge in [-0.2, -0.15) is 0 Å². The third-order valence-electron chi connectivity index (χ3n) is 4.09. The second-order valence-electron chi connectivity index (χ2n) is 5.91. The minimum Gasteiger partial charge on any atom is -0.496 e. The first kappa shape index (κ1) is 17.3. The Morgan fingerprint density at radius 2 is 2.08 bits per heavy atom. The molecule has 0 unspecified atom stereocenters. The van der Waals surface area contributed by atoms with E-state index in [1.54, 1.807) is 25.1 Å². The summed E-state index contributed by atoms with van der Waals surface area (Å²) in [6.45, 7) is 0.447. The summed E-state index contributed by atoms with van der Waals surface area (Å²) in [5.74, 6) is 1.59. The fourth-order valence-electron chi connectivity index (χ4n) is 2.75. The lowest BCUT2D eigenvalue weighted by atomic mass is 10.1. The van der Waals surface area contributed by atoms with E-state index in [4.69, 9.17) is 16.3 Å². The molecule has 1 N–H and O–H groups in total. The maximum atomic E-state index is 12.4.